The summed E-state index contributed by atoms with van der Waals surface area (Å²) in [5.41, 5.74) is 3.32. The van der Waals surface area contributed by atoms with Crippen LogP contribution < -0.4 is 15.5 Å². The standard InChI is InChI=1S/C21H18ClN3O2S/c22-17-12-15(6-7-18(17)25-10-9-23-19(26)13-25)24-21(27)20-16(8-11-28-20)14-4-2-1-3-5-14/h1-8,11-12H,9-10,13H2,(H,23,26)(H,24,27). The lowest BCUT2D eigenvalue weighted by atomic mass is 10.1. The number of nitrogens with one attached hydrogen (secondary N) is 2. The summed E-state index contributed by atoms with van der Waals surface area (Å²) in [5, 5.41) is 8.13. The van der Waals surface area contributed by atoms with Crippen molar-refractivity contribution in [1.82, 2.24) is 5.32 Å². The van der Waals surface area contributed by atoms with Crippen LogP contribution in [0, 0.1) is 0 Å². The number of halogens is 1. The molecule has 2 aromatic carbocycles. The lowest BCUT2D eigenvalue weighted by Gasteiger charge is -2.29. The third kappa shape index (κ3) is 3.88. The van der Waals surface area contributed by atoms with Crippen LogP contribution in [0.3, 0.4) is 0 Å². The molecule has 0 aliphatic carbocycles. The Bertz CT molecular complexity index is 1020. The quantitative estimate of drug-likeness (QED) is 0.674. The van der Waals surface area contributed by atoms with Gasteiger partial charge in [0.25, 0.3) is 5.91 Å². The molecule has 28 heavy (non-hydrogen) atoms. The van der Waals surface area contributed by atoms with Crippen LogP contribution in [0.5, 0.6) is 0 Å². The Kier molecular flexibility index (Phi) is 5.32. The van der Waals surface area contributed by atoms with Gasteiger partial charge in [-0.25, -0.2) is 0 Å². The summed E-state index contributed by atoms with van der Waals surface area (Å²) >= 11 is 7.83. The van der Waals surface area contributed by atoms with E-state index in [9.17, 15) is 9.59 Å². The fourth-order valence-electron chi connectivity index (χ4n) is 3.20. The summed E-state index contributed by atoms with van der Waals surface area (Å²) in [5.74, 6) is -0.194. The average Bonchev–Trinajstić information content (AvgIpc) is 3.19. The molecule has 2 N–H and O–H groups in total. The van der Waals surface area contributed by atoms with Crippen molar-refractivity contribution in [2.45, 2.75) is 0 Å². The van der Waals surface area contributed by atoms with E-state index in [1.807, 2.05) is 52.7 Å². The number of carbonyl (C=O) groups is 2. The second-order valence-electron chi connectivity index (χ2n) is 6.42. The van der Waals surface area contributed by atoms with E-state index >= 15 is 0 Å². The molecule has 2 amide bonds. The van der Waals surface area contributed by atoms with Crippen molar-refractivity contribution < 1.29 is 9.59 Å². The van der Waals surface area contributed by atoms with Crippen LogP contribution in [-0.4, -0.2) is 31.4 Å². The minimum Gasteiger partial charge on any atom is -0.359 e. The smallest absolute Gasteiger partial charge is 0.266 e. The van der Waals surface area contributed by atoms with Crippen LogP contribution >= 0.6 is 22.9 Å². The van der Waals surface area contributed by atoms with Gasteiger partial charge >= 0.3 is 0 Å². The first kappa shape index (κ1) is 18.5. The highest BCUT2D eigenvalue weighted by Gasteiger charge is 2.20. The number of nitrogens with zero attached hydrogens (tertiary/aromatic N) is 1. The first-order valence-corrected chi connectivity index (χ1v) is 10.1. The van der Waals surface area contributed by atoms with E-state index in [0.717, 1.165) is 16.8 Å². The predicted octanol–water partition coefficient (Wildman–Crippen LogP) is 4.26. The van der Waals surface area contributed by atoms with Gasteiger partial charge in [0, 0.05) is 24.3 Å². The largest absolute Gasteiger partial charge is 0.359 e. The summed E-state index contributed by atoms with van der Waals surface area (Å²) in [7, 11) is 0. The van der Waals surface area contributed by atoms with E-state index < -0.39 is 0 Å². The molecular formula is C21H18ClN3O2S. The molecule has 0 radical (unpaired) electrons. The van der Waals surface area contributed by atoms with Gasteiger partial charge in [0.15, 0.2) is 0 Å². The van der Waals surface area contributed by atoms with Crippen molar-refractivity contribution >= 4 is 46.1 Å². The Morgan fingerprint density at radius 3 is 2.71 bits per heavy atom. The third-order valence-corrected chi connectivity index (χ3v) is 5.76. The molecule has 1 aliphatic heterocycles. The molecule has 2 heterocycles. The topological polar surface area (TPSA) is 61.4 Å². The molecule has 0 atom stereocenters. The van der Waals surface area contributed by atoms with Crippen LogP contribution in [0.2, 0.25) is 5.02 Å². The Morgan fingerprint density at radius 2 is 1.96 bits per heavy atom. The number of benzene rings is 2. The molecular weight excluding hydrogens is 394 g/mol. The normalized spacial score (nSPS) is 13.9. The predicted molar refractivity (Wildman–Crippen MR) is 114 cm³/mol. The average molecular weight is 412 g/mol. The Labute approximate surface area is 171 Å². The zero-order valence-corrected chi connectivity index (χ0v) is 16.5. The van der Waals surface area contributed by atoms with Gasteiger partial charge in [-0.05, 0) is 35.2 Å². The van der Waals surface area contributed by atoms with E-state index in [4.69, 9.17) is 11.6 Å². The maximum atomic E-state index is 12.8. The second-order valence-corrected chi connectivity index (χ2v) is 7.74. The van der Waals surface area contributed by atoms with Crippen molar-refractivity contribution in [1.29, 1.82) is 0 Å². The van der Waals surface area contributed by atoms with Crippen molar-refractivity contribution in [3.8, 4) is 11.1 Å². The van der Waals surface area contributed by atoms with Gasteiger partial charge in [-0.1, -0.05) is 41.9 Å². The van der Waals surface area contributed by atoms with E-state index in [0.29, 0.717) is 28.7 Å². The molecule has 1 aliphatic rings. The van der Waals surface area contributed by atoms with Crippen molar-refractivity contribution in [2.75, 3.05) is 29.9 Å². The molecule has 5 nitrogen and oxygen atoms in total. The number of rotatable bonds is 4. The summed E-state index contributed by atoms with van der Waals surface area (Å²) in [4.78, 5) is 27.0. The number of thiophene rings is 1. The highest BCUT2D eigenvalue weighted by Crippen LogP contribution is 2.31. The van der Waals surface area contributed by atoms with Gasteiger partial charge in [-0.3, -0.25) is 9.59 Å². The van der Waals surface area contributed by atoms with Crippen LogP contribution in [0.4, 0.5) is 11.4 Å². The van der Waals surface area contributed by atoms with Gasteiger partial charge in [0.05, 0.1) is 22.1 Å². The lowest BCUT2D eigenvalue weighted by Crippen LogP contribution is -2.47. The second kappa shape index (κ2) is 8.04. The number of anilines is 2. The maximum Gasteiger partial charge on any atom is 0.266 e. The first-order chi connectivity index (χ1) is 13.6. The van der Waals surface area contributed by atoms with E-state index in [2.05, 4.69) is 10.6 Å². The van der Waals surface area contributed by atoms with Crippen molar-refractivity contribution in [3.05, 3.63) is 69.9 Å². The number of piperazine rings is 1. The molecule has 1 fully saturated rings. The molecule has 3 aromatic rings. The van der Waals surface area contributed by atoms with E-state index in [-0.39, 0.29) is 18.4 Å². The lowest BCUT2D eigenvalue weighted by molar-refractivity contribution is -0.120. The van der Waals surface area contributed by atoms with E-state index in [1.54, 1.807) is 12.1 Å². The SMILES string of the molecule is O=C1CN(c2ccc(NC(=O)c3sccc3-c3ccccc3)cc2Cl)CCN1. The number of amides is 2. The zero-order valence-electron chi connectivity index (χ0n) is 14.9. The van der Waals surface area contributed by atoms with E-state index in [1.165, 1.54) is 11.3 Å². The molecule has 1 aromatic heterocycles. The number of hydrogen-bond acceptors (Lipinski definition) is 4. The van der Waals surface area contributed by atoms with Crippen LogP contribution in [0.15, 0.2) is 60.0 Å². The highest BCUT2D eigenvalue weighted by atomic mass is 35.5. The summed E-state index contributed by atoms with van der Waals surface area (Å²) < 4.78 is 0. The van der Waals surface area contributed by atoms with Gasteiger partial charge in [0.1, 0.15) is 0 Å². The summed E-state index contributed by atoms with van der Waals surface area (Å²) in [6, 6.07) is 17.1. The molecule has 0 bridgehead atoms. The third-order valence-electron chi connectivity index (χ3n) is 4.54. The maximum absolute atomic E-state index is 12.8. The Hall–Kier alpha value is -2.83. The van der Waals surface area contributed by atoms with Crippen LogP contribution in [-0.2, 0) is 4.79 Å². The van der Waals surface area contributed by atoms with Crippen molar-refractivity contribution in [2.24, 2.45) is 0 Å². The Morgan fingerprint density at radius 1 is 1.14 bits per heavy atom. The monoisotopic (exact) mass is 411 g/mol. The molecule has 7 heteroatoms. The minimum absolute atomic E-state index is 0.0224. The molecule has 142 valence electrons. The van der Waals surface area contributed by atoms with Crippen molar-refractivity contribution in [3.63, 3.8) is 0 Å². The molecule has 0 spiro atoms. The van der Waals surface area contributed by atoms with Gasteiger partial charge in [0.2, 0.25) is 5.91 Å². The molecule has 0 unspecified atom stereocenters. The fraction of sp³-hybridized carbons (Fsp3) is 0.143. The number of carbonyl (C=O) groups excluding carboxylic acids is 2. The zero-order chi connectivity index (χ0) is 19.5. The summed E-state index contributed by atoms with van der Waals surface area (Å²) in [6.07, 6.45) is 0. The molecule has 0 saturated carbocycles. The first-order valence-electron chi connectivity index (χ1n) is 8.87. The summed E-state index contributed by atoms with van der Waals surface area (Å²) in [6.45, 7) is 1.57. The van der Waals surface area contributed by atoms with Gasteiger partial charge in [-0.15, -0.1) is 11.3 Å². The Balaban J connectivity index is 1.52. The van der Waals surface area contributed by atoms with Gasteiger partial charge < -0.3 is 15.5 Å². The van der Waals surface area contributed by atoms with Gasteiger partial charge in [-0.2, -0.15) is 0 Å². The van der Waals surface area contributed by atoms with Crippen LogP contribution in [0.1, 0.15) is 9.67 Å². The molecule has 4 rings (SSSR count). The fourth-order valence-corrected chi connectivity index (χ4v) is 4.31. The van der Waals surface area contributed by atoms with Crippen LogP contribution in [0.25, 0.3) is 11.1 Å². The highest BCUT2D eigenvalue weighted by molar-refractivity contribution is 7.12. The molecule has 1 saturated heterocycles. The number of hydrogen-bond donors (Lipinski definition) is 2. The minimum atomic E-state index is -0.171.